The van der Waals surface area contributed by atoms with Crippen molar-refractivity contribution in [3.63, 3.8) is 0 Å². The van der Waals surface area contributed by atoms with Gasteiger partial charge in [-0.3, -0.25) is 0 Å². The highest BCUT2D eigenvalue weighted by Gasteiger charge is 2.09. The van der Waals surface area contributed by atoms with Gasteiger partial charge in [-0.1, -0.05) is 39.2 Å². The highest BCUT2D eigenvalue weighted by atomic mass is 14.9. The zero-order chi connectivity index (χ0) is 19.1. The molecule has 142 valence electrons. The van der Waals surface area contributed by atoms with Gasteiger partial charge in [0.05, 0.1) is 0 Å². The summed E-state index contributed by atoms with van der Waals surface area (Å²) in [7, 11) is 0. The van der Waals surface area contributed by atoms with Crippen molar-refractivity contribution in [2.45, 2.75) is 86.5 Å². The minimum atomic E-state index is 1.18. The molecule has 0 amide bonds. The molecular formula is C25H37N. The standard InChI is InChI=1S/C25H37N/c1-7-9-11-13-23-15-22(12-10-8-2)16-24(17-23)26-25-14-18(3)19(4)20(5)21(25)6/h14-17,26H,7-13H2,1-6H3. The van der Waals surface area contributed by atoms with Gasteiger partial charge in [-0.15, -0.1) is 0 Å². The molecule has 0 aromatic heterocycles. The number of benzene rings is 2. The first kappa shape index (κ1) is 20.6. The number of rotatable bonds is 9. The molecule has 0 atom stereocenters. The lowest BCUT2D eigenvalue weighted by molar-refractivity contribution is 0.716. The zero-order valence-corrected chi connectivity index (χ0v) is 17.8. The Hall–Kier alpha value is -1.76. The second kappa shape index (κ2) is 9.80. The number of anilines is 2. The molecule has 0 bridgehead atoms. The Labute approximate surface area is 161 Å². The Balaban J connectivity index is 2.30. The summed E-state index contributed by atoms with van der Waals surface area (Å²) in [6, 6.07) is 9.43. The molecule has 0 saturated carbocycles. The molecule has 0 aliphatic carbocycles. The molecule has 2 aromatic carbocycles. The van der Waals surface area contributed by atoms with Crippen molar-refractivity contribution in [3.8, 4) is 0 Å². The van der Waals surface area contributed by atoms with Crippen molar-refractivity contribution >= 4 is 11.4 Å². The molecule has 0 spiro atoms. The van der Waals surface area contributed by atoms with Crippen LogP contribution in [0.4, 0.5) is 11.4 Å². The number of nitrogens with one attached hydrogen (secondary N) is 1. The Morgan fingerprint density at radius 2 is 1.27 bits per heavy atom. The molecule has 0 heterocycles. The second-order valence-electron chi connectivity index (χ2n) is 7.84. The molecule has 0 aliphatic heterocycles. The van der Waals surface area contributed by atoms with Crippen LogP contribution in [0.2, 0.25) is 0 Å². The van der Waals surface area contributed by atoms with Crippen molar-refractivity contribution in [2.24, 2.45) is 0 Å². The molecular weight excluding hydrogens is 314 g/mol. The van der Waals surface area contributed by atoms with Gasteiger partial charge < -0.3 is 5.32 Å². The van der Waals surface area contributed by atoms with E-state index in [-0.39, 0.29) is 0 Å². The van der Waals surface area contributed by atoms with Crippen molar-refractivity contribution in [3.05, 3.63) is 57.6 Å². The maximum atomic E-state index is 3.73. The van der Waals surface area contributed by atoms with Gasteiger partial charge in [-0.2, -0.15) is 0 Å². The topological polar surface area (TPSA) is 12.0 Å². The van der Waals surface area contributed by atoms with Crippen LogP contribution in [-0.4, -0.2) is 0 Å². The number of hydrogen-bond acceptors (Lipinski definition) is 1. The first-order valence-electron chi connectivity index (χ1n) is 10.4. The lowest BCUT2D eigenvalue weighted by Crippen LogP contribution is -2.01. The highest BCUT2D eigenvalue weighted by molar-refractivity contribution is 5.67. The molecule has 1 heteroatoms. The lowest BCUT2D eigenvalue weighted by Gasteiger charge is -2.17. The predicted octanol–water partition coefficient (Wildman–Crippen LogP) is 7.74. The fraction of sp³-hybridized carbons (Fsp3) is 0.520. The van der Waals surface area contributed by atoms with Crippen LogP contribution >= 0.6 is 0 Å². The normalized spacial score (nSPS) is 11.0. The molecule has 0 fully saturated rings. The predicted molar refractivity (Wildman–Crippen MR) is 117 cm³/mol. The van der Waals surface area contributed by atoms with Crippen LogP contribution in [0, 0.1) is 27.7 Å². The van der Waals surface area contributed by atoms with Crippen LogP contribution in [0.1, 0.15) is 79.3 Å². The van der Waals surface area contributed by atoms with E-state index in [9.17, 15) is 0 Å². The van der Waals surface area contributed by atoms with Gasteiger partial charge in [-0.05, 0) is 105 Å². The quantitative estimate of drug-likeness (QED) is 0.455. The average molecular weight is 352 g/mol. The van der Waals surface area contributed by atoms with Crippen LogP contribution in [-0.2, 0) is 12.8 Å². The van der Waals surface area contributed by atoms with Gasteiger partial charge in [0, 0.05) is 11.4 Å². The molecule has 0 radical (unpaired) electrons. The van der Waals surface area contributed by atoms with Crippen molar-refractivity contribution in [2.75, 3.05) is 5.32 Å². The van der Waals surface area contributed by atoms with Crippen LogP contribution in [0.3, 0.4) is 0 Å². The Morgan fingerprint density at radius 1 is 0.654 bits per heavy atom. The fourth-order valence-corrected chi connectivity index (χ4v) is 3.58. The third-order valence-corrected chi connectivity index (χ3v) is 5.70. The number of unbranched alkanes of at least 4 members (excludes halogenated alkanes) is 3. The summed E-state index contributed by atoms with van der Waals surface area (Å²) in [5.41, 5.74) is 11.0. The number of hydrogen-bond donors (Lipinski definition) is 1. The summed E-state index contributed by atoms with van der Waals surface area (Å²) in [5.74, 6) is 0. The maximum Gasteiger partial charge on any atom is 0.0419 e. The van der Waals surface area contributed by atoms with E-state index in [4.69, 9.17) is 0 Å². The molecule has 26 heavy (non-hydrogen) atoms. The second-order valence-corrected chi connectivity index (χ2v) is 7.84. The summed E-state index contributed by atoms with van der Waals surface area (Å²) >= 11 is 0. The largest absolute Gasteiger partial charge is 0.355 e. The Morgan fingerprint density at radius 3 is 1.88 bits per heavy atom. The molecule has 0 aliphatic rings. The summed E-state index contributed by atoms with van der Waals surface area (Å²) in [6.45, 7) is 13.4. The summed E-state index contributed by atoms with van der Waals surface area (Å²) in [4.78, 5) is 0. The molecule has 0 unspecified atom stereocenters. The van der Waals surface area contributed by atoms with E-state index in [0.29, 0.717) is 0 Å². The van der Waals surface area contributed by atoms with E-state index in [1.165, 1.54) is 89.7 Å². The highest BCUT2D eigenvalue weighted by Crippen LogP contribution is 2.29. The third-order valence-electron chi connectivity index (χ3n) is 5.70. The van der Waals surface area contributed by atoms with E-state index < -0.39 is 0 Å². The first-order valence-corrected chi connectivity index (χ1v) is 10.4. The molecule has 1 N–H and O–H groups in total. The number of aryl methyl sites for hydroxylation is 3. The molecule has 2 rings (SSSR count). The van der Waals surface area contributed by atoms with Crippen LogP contribution in [0.15, 0.2) is 24.3 Å². The van der Waals surface area contributed by atoms with Crippen molar-refractivity contribution in [1.29, 1.82) is 0 Å². The molecule has 1 nitrogen and oxygen atoms in total. The van der Waals surface area contributed by atoms with Crippen molar-refractivity contribution < 1.29 is 0 Å². The maximum absolute atomic E-state index is 3.73. The Kier molecular flexibility index (Phi) is 7.75. The van der Waals surface area contributed by atoms with Crippen LogP contribution in [0.5, 0.6) is 0 Å². The SMILES string of the molecule is CCCCCc1cc(CCCC)cc(Nc2cc(C)c(C)c(C)c2C)c1. The summed E-state index contributed by atoms with van der Waals surface area (Å²) < 4.78 is 0. The van der Waals surface area contributed by atoms with Gasteiger partial charge in [0.25, 0.3) is 0 Å². The first-order chi connectivity index (χ1) is 12.5. The molecule has 0 saturated heterocycles. The average Bonchev–Trinajstić information content (AvgIpc) is 2.63. The van der Waals surface area contributed by atoms with E-state index in [1.807, 2.05) is 0 Å². The van der Waals surface area contributed by atoms with Gasteiger partial charge in [0.2, 0.25) is 0 Å². The zero-order valence-electron chi connectivity index (χ0n) is 17.8. The van der Waals surface area contributed by atoms with Crippen LogP contribution in [0.25, 0.3) is 0 Å². The van der Waals surface area contributed by atoms with Crippen LogP contribution < -0.4 is 5.32 Å². The fourth-order valence-electron chi connectivity index (χ4n) is 3.58. The van der Waals surface area contributed by atoms with Gasteiger partial charge in [0.1, 0.15) is 0 Å². The third kappa shape index (κ3) is 5.37. The Bertz CT molecular complexity index is 727. The van der Waals surface area contributed by atoms with E-state index in [0.717, 1.165) is 0 Å². The lowest BCUT2D eigenvalue weighted by atomic mass is 9.97. The minimum Gasteiger partial charge on any atom is -0.355 e. The van der Waals surface area contributed by atoms with Gasteiger partial charge in [-0.25, -0.2) is 0 Å². The van der Waals surface area contributed by atoms with E-state index in [2.05, 4.69) is 71.1 Å². The van der Waals surface area contributed by atoms with Gasteiger partial charge in [0.15, 0.2) is 0 Å². The minimum absolute atomic E-state index is 1.18. The summed E-state index contributed by atoms with van der Waals surface area (Å²) in [6.07, 6.45) is 8.76. The molecule has 2 aromatic rings. The monoisotopic (exact) mass is 351 g/mol. The van der Waals surface area contributed by atoms with E-state index >= 15 is 0 Å². The smallest absolute Gasteiger partial charge is 0.0419 e. The van der Waals surface area contributed by atoms with Crippen molar-refractivity contribution in [1.82, 2.24) is 0 Å². The summed E-state index contributed by atoms with van der Waals surface area (Å²) in [5, 5.41) is 3.73. The van der Waals surface area contributed by atoms with Gasteiger partial charge >= 0.3 is 0 Å². The van der Waals surface area contributed by atoms with E-state index in [1.54, 1.807) is 0 Å².